The van der Waals surface area contributed by atoms with E-state index in [1.165, 1.54) is 4.90 Å². The SMILES string of the molecule is O=C(O)[C@@H]1Cc2cc(-c3ccccc3)ccc2CN1C(=O)C(c1ccccc1)c1ccccc1. The number of fused-ring (bicyclic) bond motifs is 1. The molecule has 1 amide bonds. The molecule has 0 unspecified atom stereocenters. The Hall–Kier alpha value is -4.18. The van der Waals surface area contributed by atoms with Crippen molar-refractivity contribution in [2.75, 3.05) is 0 Å². The van der Waals surface area contributed by atoms with Gasteiger partial charge < -0.3 is 10.0 Å². The predicted octanol–water partition coefficient (Wildman–Crippen LogP) is 5.52. The number of hydrogen-bond acceptors (Lipinski definition) is 2. The summed E-state index contributed by atoms with van der Waals surface area (Å²) in [5, 5.41) is 10.1. The number of aliphatic carboxylic acids is 1. The van der Waals surface area contributed by atoms with Gasteiger partial charge in [-0.3, -0.25) is 4.79 Å². The Morgan fingerprint density at radius 2 is 1.26 bits per heavy atom. The van der Waals surface area contributed by atoms with Gasteiger partial charge in [0, 0.05) is 13.0 Å². The second-order valence-electron chi connectivity index (χ2n) is 8.63. The molecule has 0 saturated heterocycles. The Kier molecular flexibility index (Phi) is 5.96. The van der Waals surface area contributed by atoms with Crippen molar-refractivity contribution in [1.29, 1.82) is 0 Å². The monoisotopic (exact) mass is 447 g/mol. The lowest BCUT2D eigenvalue weighted by Crippen LogP contribution is -2.50. The van der Waals surface area contributed by atoms with E-state index in [1.54, 1.807) is 0 Å². The van der Waals surface area contributed by atoms with Crippen LogP contribution >= 0.6 is 0 Å². The molecule has 5 rings (SSSR count). The van der Waals surface area contributed by atoms with Gasteiger partial charge in [-0.15, -0.1) is 0 Å². The third kappa shape index (κ3) is 4.23. The molecule has 4 nitrogen and oxygen atoms in total. The van der Waals surface area contributed by atoms with Crippen molar-refractivity contribution in [2.45, 2.75) is 24.9 Å². The van der Waals surface area contributed by atoms with Gasteiger partial charge in [0.1, 0.15) is 6.04 Å². The van der Waals surface area contributed by atoms with Crippen molar-refractivity contribution in [3.63, 3.8) is 0 Å². The lowest BCUT2D eigenvalue weighted by Gasteiger charge is -2.37. The molecule has 0 aromatic heterocycles. The smallest absolute Gasteiger partial charge is 0.326 e. The summed E-state index contributed by atoms with van der Waals surface area (Å²) in [5.74, 6) is -1.74. The molecule has 1 aliphatic heterocycles. The van der Waals surface area contributed by atoms with Crippen LogP contribution in [0.4, 0.5) is 0 Å². The van der Waals surface area contributed by atoms with Crippen LogP contribution in [0.15, 0.2) is 109 Å². The maximum Gasteiger partial charge on any atom is 0.326 e. The Bertz CT molecular complexity index is 1260. The minimum Gasteiger partial charge on any atom is -0.480 e. The Morgan fingerprint density at radius 3 is 1.82 bits per heavy atom. The number of carboxylic acids is 1. The van der Waals surface area contributed by atoms with Crippen LogP contribution in [-0.4, -0.2) is 27.9 Å². The van der Waals surface area contributed by atoms with E-state index in [4.69, 9.17) is 0 Å². The van der Waals surface area contributed by atoms with Gasteiger partial charge in [-0.25, -0.2) is 4.79 Å². The van der Waals surface area contributed by atoms with Crippen LogP contribution in [-0.2, 0) is 22.6 Å². The molecule has 0 radical (unpaired) electrons. The highest BCUT2D eigenvalue weighted by Gasteiger charge is 2.38. The number of rotatable bonds is 5. The normalized spacial score (nSPS) is 15.1. The summed E-state index contributed by atoms with van der Waals surface area (Å²) in [6.07, 6.45) is 0.285. The standard InChI is InChI=1S/C30H25NO3/c32-29(28(22-12-6-2-7-13-22)23-14-8-3-9-15-23)31-20-25-17-16-24(21-10-4-1-5-11-21)18-26(25)19-27(31)30(33)34/h1-18,27-28H,19-20H2,(H,33,34)/t27-/m0/s1. The summed E-state index contributed by atoms with van der Waals surface area (Å²) in [6.45, 7) is 0.274. The number of hydrogen-bond donors (Lipinski definition) is 1. The molecule has 0 saturated carbocycles. The Labute approximate surface area is 199 Å². The minimum absolute atomic E-state index is 0.192. The van der Waals surface area contributed by atoms with Crippen molar-refractivity contribution < 1.29 is 14.7 Å². The number of carbonyl (C=O) groups is 2. The van der Waals surface area contributed by atoms with Crippen molar-refractivity contribution in [3.05, 3.63) is 131 Å². The Balaban J connectivity index is 1.52. The fourth-order valence-corrected chi connectivity index (χ4v) is 4.78. The zero-order valence-corrected chi connectivity index (χ0v) is 18.7. The average molecular weight is 448 g/mol. The Morgan fingerprint density at radius 1 is 0.706 bits per heavy atom. The molecule has 0 fully saturated rings. The van der Waals surface area contributed by atoms with Crippen LogP contribution in [0.2, 0.25) is 0 Å². The highest BCUT2D eigenvalue weighted by molar-refractivity contribution is 5.91. The number of benzene rings is 4. The lowest BCUT2D eigenvalue weighted by atomic mass is 9.86. The van der Waals surface area contributed by atoms with Crippen molar-refractivity contribution >= 4 is 11.9 Å². The molecule has 1 heterocycles. The summed E-state index contributed by atoms with van der Waals surface area (Å²) >= 11 is 0. The van der Waals surface area contributed by atoms with E-state index in [2.05, 4.69) is 6.07 Å². The third-order valence-electron chi connectivity index (χ3n) is 6.52. The molecular formula is C30H25NO3. The van der Waals surface area contributed by atoms with E-state index in [0.717, 1.165) is 33.4 Å². The van der Waals surface area contributed by atoms with Crippen LogP contribution in [0.25, 0.3) is 11.1 Å². The van der Waals surface area contributed by atoms with Gasteiger partial charge >= 0.3 is 5.97 Å². The summed E-state index contributed by atoms with van der Waals surface area (Å²) < 4.78 is 0. The fourth-order valence-electron chi connectivity index (χ4n) is 4.78. The average Bonchev–Trinajstić information content (AvgIpc) is 2.89. The van der Waals surface area contributed by atoms with Crippen molar-refractivity contribution in [3.8, 4) is 11.1 Å². The summed E-state index contributed by atoms with van der Waals surface area (Å²) in [6, 6.07) is 34.4. The van der Waals surface area contributed by atoms with Gasteiger partial charge in [-0.2, -0.15) is 0 Å². The van der Waals surface area contributed by atoms with Crippen LogP contribution in [0.5, 0.6) is 0 Å². The van der Waals surface area contributed by atoms with E-state index >= 15 is 0 Å². The van der Waals surface area contributed by atoms with E-state index in [0.29, 0.717) is 0 Å². The first-order valence-corrected chi connectivity index (χ1v) is 11.4. The van der Waals surface area contributed by atoms with E-state index < -0.39 is 17.9 Å². The lowest BCUT2D eigenvalue weighted by molar-refractivity contribution is -0.151. The van der Waals surface area contributed by atoms with Crippen molar-refractivity contribution in [2.24, 2.45) is 0 Å². The molecule has 4 heteroatoms. The minimum atomic E-state index is -0.982. The maximum absolute atomic E-state index is 14.0. The zero-order valence-electron chi connectivity index (χ0n) is 18.7. The molecule has 0 spiro atoms. The quantitative estimate of drug-likeness (QED) is 0.438. The van der Waals surface area contributed by atoms with Gasteiger partial charge in [-0.05, 0) is 33.4 Å². The maximum atomic E-state index is 14.0. The van der Waals surface area contributed by atoms with Crippen LogP contribution in [0, 0.1) is 0 Å². The molecule has 168 valence electrons. The second kappa shape index (κ2) is 9.36. The van der Waals surface area contributed by atoms with E-state index in [-0.39, 0.29) is 18.9 Å². The zero-order chi connectivity index (χ0) is 23.5. The number of nitrogens with zero attached hydrogens (tertiary/aromatic N) is 1. The van der Waals surface area contributed by atoms with Gasteiger partial charge in [0.2, 0.25) is 5.91 Å². The molecule has 1 N–H and O–H groups in total. The van der Waals surface area contributed by atoms with Gasteiger partial charge in [0.05, 0.1) is 5.92 Å². The number of carboxylic acid groups (broad SMARTS) is 1. The molecule has 34 heavy (non-hydrogen) atoms. The fraction of sp³-hybridized carbons (Fsp3) is 0.133. The highest BCUT2D eigenvalue weighted by Crippen LogP contribution is 2.33. The summed E-state index contributed by atoms with van der Waals surface area (Å²) in [4.78, 5) is 27.8. The van der Waals surface area contributed by atoms with Gasteiger partial charge in [0.25, 0.3) is 0 Å². The largest absolute Gasteiger partial charge is 0.480 e. The van der Waals surface area contributed by atoms with Gasteiger partial charge in [0.15, 0.2) is 0 Å². The van der Waals surface area contributed by atoms with Gasteiger partial charge in [-0.1, -0.05) is 109 Å². The first kappa shape index (κ1) is 21.7. The van der Waals surface area contributed by atoms with Crippen LogP contribution < -0.4 is 0 Å². The molecular weight excluding hydrogens is 422 g/mol. The number of amides is 1. The van der Waals surface area contributed by atoms with Crippen molar-refractivity contribution in [1.82, 2.24) is 4.90 Å². The first-order valence-electron chi connectivity index (χ1n) is 11.4. The molecule has 0 bridgehead atoms. The molecule has 1 atom stereocenters. The van der Waals surface area contributed by atoms with Crippen LogP contribution in [0.1, 0.15) is 28.2 Å². The molecule has 1 aliphatic rings. The topological polar surface area (TPSA) is 57.6 Å². The summed E-state index contributed by atoms with van der Waals surface area (Å²) in [7, 11) is 0. The second-order valence-corrected chi connectivity index (χ2v) is 8.63. The molecule has 4 aromatic carbocycles. The number of carbonyl (C=O) groups excluding carboxylic acids is 1. The molecule has 4 aromatic rings. The van der Waals surface area contributed by atoms with E-state index in [1.807, 2.05) is 103 Å². The van der Waals surface area contributed by atoms with Crippen LogP contribution in [0.3, 0.4) is 0 Å². The van der Waals surface area contributed by atoms with E-state index in [9.17, 15) is 14.7 Å². The predicted molar refractivity (Wildman–Crippen MR) is 132 cm³/mol. The first-order chi connectivity index (χ1) is 16.6. The summed E-state index contributed by atoms with van der Waals surface area (Å²) in [5.41, 5.74) is 5.82. The third-order valence-corrected chi connectivity index (χ3v) is 6.52. The molecule has 0 aliphatic carbocycles. The highest BCUT2D eigenvalue weighted by atomic mass is 16.4.